The third-order valence-electron chi connectivity index (χ3n) is 3.42. The molecule has 6 nitrogen and oxygen atoms in total. The van der Waals surface area contributed by atoms with Gasteiger partial charge in [-0.3, -0.25) is 4.79 Å². The van der Waals surface area contributed by atoms with Crippen LogP contribution in [-0.4, -0.2) is 28.0 Å². The molecule has 0 radical (unpaired) electrons. The van der Waals surface area contributed by atoms with Crippen molar-refractivity contribution in [3.05, 3.63) is 41.3 Å². The second-order valence-electron chi connectivity index (χ2n) is 5.07. The van der Waals surface area contributed by atoms with E-state index < -0.39 is 0 Å². The molecular weight excluding hydrogens is 316 g/mol. The molecule has 0 aliphatic heterocycles. The predicted octanol–water partition coefficient (Wildman–Crippen LogP) is 2.92. The zero-order valence-corrected chi connectivity index (χ0v) is 13.4. The number of methoxy groups -OCH3 is 1. The highest BCUT2D eigenvalue weighted by molar-refractivity contribution is 6.34. The largest absolute Gasteiger partial charge is 0.481 e. The standard InChI is InChI=1S/C16H15ClN4O2/c1-9(22)18-7-11-3-10-4-13(17)12(5-14(10)21-11)15-6-16(23-2)20-8-19-15/h3-6,8,21H,7H2,1-2H3,(H,18,22). The summed E-state index contributed by atoms with van der Waals surface area (Å²) in [6, 6.07) is 7.49. The van der Waals surface area contributed by atoms with Gasteiger partial charge in [0.1, 0.15) is 6.33 Å². The van der Waals surface area contributed by atoms with Gasteiger partial charge >= 0.3 is 0 Å². The second-order valence-corrected chi connectivity index (χ2v) is 5.48. The maximum atomic E-state index is 11.0. The van der Waals surface area contributed by atoms with Gasteiger partial charge in [-0.15, -0.1) is 0 Å². The summed E-state index contributed by atoms with van der Waals surface area (Å²) in [5.74, 6) is 0.402. The lowest BCUT2D eigenvalue weighted by Gasteiger charge is -2.05. The van der Waals surface area contributed by atoms with Gasteiger partial charge in [-0.1, -0.05) is 11.6 Å². The number of amides is 1. The molecule has 118 valence electrons. The molecule has 0 aliphatic carbocycles. The maximum Gasteiger partial charge on any atom is 0.217 e. The van der Waals surface area contributed by atoms with Crippen LogP contribution in [0.1, 0.15) is 12.6 Å². The molecule has 0 fully saturated rings. The molecule has 2 heterocycles. The number of fused-ring (bicyclic) bond motifs is 1. The molecule has 3 rings (SSSR count). The van der Waals surface area contributed by atoms with E-state index in [4.69, 9.17) is 16.3 Å². The second kappa shape index (κ2) is 6.26. The highest BCUT2D eigenvalue weighted by Gasteiger charge is 2.11. The first-order valence-corrected chi connectivity index (χ1v) is 7.36. The Labute approximate surface area is 137 Å². The molecule has 0 aliphatic rings. The van der Waals surface area contributed by atoms with Gasteiger partial charge in [0.15, 0.2) is 0 Å². The molecule has 2 aromatic heterocycles. The highest BCUT2D eigenvalue weighted by Crippen LogP contribution is 2.32. The number of H-pyrrole nitrogens is 1. The van der Waals surface area contributed by atoms with Gasteiger partial charge in [0, 0.05) is 35.2 Å². The molecule has 0 saturated heterocycles. The summed E-state index contributed by atoms with van der Waals surface area (Å²) in [6.07, 6.45) is 1.44. The topological polar surface area (TPSA) is 79.9 Å². The van der Waals surface area contributed by atoms with Crippen molar-refractivity contribution in [1.29, 1.82) is 0 Å². The van der Waals surface area contributed by atoms with Crippen LogP contribution in [0.3, 0.4) is 0 Å². The Hall–Kier alpha value is -2.60. The summed E-state index contributed by atoms with van der Waals surface area (Å²) in [4.78, 5) is 22.5. The smallest absolute Gasteiger partial charge is 0.217 e. The quantitative estimate of drug-likeness (QED) is 0.770. The van der Waals surface area contributed by atoms with Crippen LogP contribution in [0.5, 0.6) is 5.88 Å². The van der Waals surface area contributed by atoms with Crippen molar-refractivity contribution >= 4 is 28.4 Å². The Kier molecular flexibility index (Phi) is 4.16. The zero-order chi connectivity index (χ0) is 16.4. The van der Waals surface area contributed by atoms with Crippen molar-refractivity contribution in [2.24, 2.45) is 0 Å². The minimum atomic E-state index is -0.0736. The molecule has 23 heavy (non-hydrogen) atoms. The van der Waals surface area contributed by atoms with Gasteiger partial charge in [-0.25, -0.2) is 9.97 Å². The van der Waals surface area contributed by atoms with E-state index in [1.165, 1.54) is 13.3 Å². The Balaban J connectivity index is 2.01. The van der Waals surface area contributed by atoms with Crippen molar-refractivity contribution in [1.82, 2.24) is 20.3 Å². The lowest BCUT2D eigenvalue weighted by Crippen LogP contribution is -2.18. The molecule has 7 heteroatoms. The first-order chi connectivity index (χ1) is 11.1. The summed E-state index contributed by atoms with van der Waals surface area (Å²) >= 11 is 6.39. The number of hydrogen-bond acceptors (Lipinski definition) is 4. The van der Waals surface area contributed by atoms with E-state index in [1.807, 2.05) is 18.2 Å². The Morgan fingerprint density at radius 2 is 2.13 bits per heavy atom. The van der Waals surface area contributed by atoms with Crippen LogP contribution < -0.4 is 10.1 Å². The number of halogens is 1. The fourth-order valence-corrected chi connectivity index (χ4v) is 2.59. The monoisotopic (exact) mass is 330 g/mol. The van der Waals surface area contributed by atoms with Gasteiger partial charge in [0.05, 0.1) is 24.4 Å². The van der Waals surface area contributed by atoms with E-state index in [0.29, 0.717) is 23.1 Å². The van der Waals surface area contributed by atoms with Crippen LogP contribution in [0.15, 0.2) is 30.6 Å². The zero-order valence-electron chi connectivity index (χ0n) is 12.7. The third kappa shape index (κ3) is 3.27. The summed E-state index contributed by atoms with van der Waals surface area (Å²) in [6.45, 7) is 1.93. The van der Waals surface area contributed by atoms with Crippen LogP contribution in [0, 0.1) is 0 Å². The number of benzene rings is 1. The fourth-order valence-electron chi connectivity index (χ4n) is 2.32. The molecular formula is C16H15ClN4O2. The van der Waals surface area contributed by atoms with E-state index in [9.17, 15) is 4.79 Å². The number of carbonyl (C=O) groups is 1. The first kappa shape index (κ1) is 15.3. The number of rotatable bonds is 4. The average molecular weight is 331 g/mol. The molecule has 3 aromatic rings. The maximum absolute atomic E-state index is 11.0. The van der Waals surface area contributed by atoms with Crippen LogP contribution in [0.4, 0.5) is 0 Å². The fraction of sp³-hybridized carbons (Fsp3) is 0.188. The summed E-state index contributed by atoms with van der Waals surface area (Å²) in [5.41, 5.74) is 3.29. The Morgan fingerprint density at radius 1 is 1.30 bits per heavy atom. The number of ether oxygens (including phenoxy) is 1. The molecule has 1 aromatic carbocycles. The SMILES string of the molecule is COc1cc(-c2cc3[nH]c(CNC(C)=O)cc3cc2Cl)ncn1. The van der Waals surface area contributed by atoms with Crippen molar-refractivity contribution in [2.75, 3.05) is 7.11 Å². The lowest BCUT2D eigenvalue weighted by molar-refractivity contribution is -0.119. The predicted molar refractivity (Wildman–Crippen MR) is 88.4 cm³/mol. The van der Waals surface area contributed by atoms with E-state index in [2.05, 4.69) is 20.3 Å². The number of aromatic amines is 1. The third-order valence-corrected chi connectivity index (χ3v) is 3.73. The molecule has 1 amide bonds. The summed E-state index contributed by atoms with van der Waals surface area (Å²) in [5, 5.41) is 4.32. The molecule has 0 bridgehead atoms. The van der Waals surface area contributed by atoms with Gasteiger partial charge in [-0.2, -0.15) is 0 Å². The molecule has 0 spiro atoms. The van der Waals surface area contributed by atoms with Crippen LogP contribution >= 0.6 is 11.6 Å². The first-order valence-electron chi connectivity index (χ1n) is 6.99. The summed E-state index contributed by atoms with van der Waals surface area (Å²) < 4.78 is 5.12. The Bertz CT molecular complexity index is 876. The average Bonchev–Trinajstić information content (AvgIpc) is 2.94. The van der Waals surface area contributed by atoms with Crippen molar-refractivity contribution in [2.45, 2.75) is 13.5 Å². The van der Waals surface area contributed by atoms with Gasteiger partial charge in [0.2, 0.25) is 11.8 Å². The number of nitrogens with zero attached hydrogens (tertiary/aromatic N) is 2. The van der Waals surface area contributed by atoms with Crippen LogP contribution in [-0.2, 0) is 11.3 Å². The lowest BCUT2D eigenvalue weighted by atomic mass is 10.1. The van der Waals surface area contributed by atoms with Gasteiger partial charge < -0.3 is 15.0 Å². The van der Waals surface area contributed by atoms with E-state index in [1.54, 1.807) is 13.2 Å². The molecule has 0 unspecified atom stereocenters. The van der Waals surface area contributed by atoms with E-state index in [-0.39, 0.29) is 5.91 Å². The number of hydrogen-bond donors (Lipinski definition) is 2. The minimum Gasteiger partial charge on any atom is -0.481 e. The number of aromatic nitrogens is 3. The number of nitrogens with one attached hydrogen (secondary N) is 2. The molecule has 2 N–H and O–H groups in total. The minimum absolute atomic E-state index is 0.0736. The van der Waals surface area contributed by atoms with Crippen molar-refractivity contribution in [3.63, 3.8) is 0 Å². The normalized spacial score (nSPS) is 10.7. The number of carbonyl (C=O) groups excluding carboxylic acids is 1. The van der Waals surface area contributed by atoms with Crippen molar-refractivity contribution in [3.8, 4) is 17.1 Å². The highest BCUT2D eigenvalue weighted by atomic mass is 35.5. The summed E-state index contributed by atoms with van der Waals surface area (Å²) in [7, 11) is 1.55. The molecule has 0 saturated carbocycles. The van der Waals surface area contributed by atoms with Gasteiger partial charge in [-0.05, 0) is 18.2 Å². The van der Waals surface area contributed by atoms with E-state index >= 15 is 0 Å². The van der Waals surface area contributed by atoms with E-state index in [0.717, 1.165) is 22.2 Å². The van der Waals surface area contributed by atoms with Crippen LogP contribution in [0.2, 0.25) is 5.02 Å². The molecule has 0 atom stereocenters. The Morgan fingerprint density at radius 3 is 2.87 bits per heavy atom. The van der Waals surface area contributed by atoms with Gasteiger partial charge in [0.25, 0.3) is 0 Å². The van der Waals surface area contributed by atoms with Crippen molar-refractivity contribution < 1.29 is 9.53 Å². The van der Waals surface area contributed by atoms with Crippen LogP contribution in [0.25, 0.3) is 22.2 Å².